The van der Waals surface area contributed by atoms with E-state index in [-0.39, 0.29) is 10.4 Å². The van der Waals surface area contributed by atoms with Gasteiger partial charge >= 0.3 is 0 Å². The molecular formula is C14H19BrO3. The standard InChI is InChI=1S/C14H19BrO3/c1-2-14(10-17-11-14)9-16-8-13(15)18-12-6-4-3-5-7-12/h3-7,13H,2,8-11H2,1H3. The maximum atomic E-state index is 5.71. The van der Waals surface area contributed by atoms with Crippen molar-refractivity contribution in [1.29, 1.82) is 0 Å². The van der Waals surface area contributed by atoms with Crippen LogP contribution in [0.25, 0.3) is 0 Å². The zero-order valence-electron chi connectivity index (χ0n) is 10.6. The Morgan fingerprint density at radius 1 is 1.33 bits per heavy atom. The molecule has 0 N–H and O–H groups in total. The predicted octanol–water partition coefficient (Wildman–Crippen LogP) is 3.23. The van der Waals surface area contributed by atoms with E-state index in [1.165, 1.54) is 0 Å². The molecule has 0 aliphatic carbocycles. The molecule has 0 aromatic heterocycles. The van der Waals surface area contributed by atoms with Crippen molar-refractivity contribution in [3.8, 4) is 5.75 Å². The van der Waals surface area contributed by atoms with E-state index in [0.717, 1.165) is 32.0 Å². The Morgan fingerprint density at radius 3 is 2.61 bits per heavy atom. The fraction of sp³-hybridized carbons (Fsp3) is 0.571. The second-order valence-electron chi connectivity index (χ2n) is 4.70. The molecule has 1 aromatic carbocycles. The Labute approximate surface area is 117 Å². The van der Waals surface area contributed by atoms with Crippen molar-refractivity contribution in [3.05, 3.63) is 30.3 Å². The van der Waals surface area contributed by atoms with Gasteiger partial charge in [0.2, 0.25) is 0 Å². The first-order valence-electron chi connectivity index (χ1n) is 6.25. The molecule has 1 fully saturated rings. The first-order valence-corrected chi connectivity index (χ1v) is 7.17. The minimum Gasteiger partial charge on any atom is -0.477 e. The first-order chi connectivity index (χ1) is 8.74. The van der Waals surface area contributed by atoms with Crippen molar-refractivity contribution >= 4 is 15.9 Å². The van der Waals surface area contributed by atoms with Crippen LogP contribution in [0.15, 0.2) is 30.3 Å². The molecule has 3 nitrogen and oxygen atoms in total. The topological polar surface area (TPSA) is 27.7 Å². The molecule has 1 unspecified atom stereocenters. The molecule has 0 amide bonds. The van der Waals surface area contributed by atoms with Crippen LogP contribution >= 0.6 is 15.9 Å². The van der Waals surface area contributed by atoms with E-state index >= 15 is 0 Å². The van der Waals surface area contributed by atoms with E-state index in [1.54, 1.807) is 0 Å². The summed E-state index contributed by atoms with van der Waals surface area (Å²) in [5.74, 6) is 0.847. The van der Waals surface area contributed by atoms with Crippen LogP contribution in [-0.2, 0) is 9.47 Å². The van der Waals surface area contributed by atoms with E-state index in [0.29, 0.717) is 6.61 Å². The van der Waals surface area contributed by atoms with Gasteiger partial charge in [0.25, 0.3) is 0 Å². The van der Waals surface area contributed by atoms with E-state index in [2.05, 4.69) is 22.9 Å². The Kier molecular flexibility index (Phi) is 5.03. The number of hydrogen-bond acceptors (Lipinski definition) is 3. The van der Waals surface area contributed by atoms with Crippen LogP contribution in [-0.4, -0.2) is 31.4 Å². The number of alkyl halides is 1. The highest BCUT2D eigenvalue weighted by atomic mass is 79.9. The maximum Gasteiger partial charge on any atom is 0.176 e. The molecule has 1 aliphatic rings. The molecule has 1 atom stereocenters. The van der Waals surface area contributed by atoms with Gasteiger partial charge in [-0.15, -0.1) is 0 Å². The lowest BCUT2D eigenvalue weighted by Gasteiger charge is -2.40. The second kappa shape index (κ2) is 6.55. The van der Waals surface area contributed by atoms with Crippen molar-refractivity contribution in [3.63, 3.8) is 0 Å². The molecule has 0 spiro atoms. The zero-order valence-corrected chi connectivity index (χ0v) is 12.2. The highest BCUT2D eigenvalue weighted by molar-refractivity contribution is 9.09. The van der Waals surface area contributed by atoms with Gasteiger partial charge in [0.15, 0.2) is 5.01 Å². The summed E-state index contributed by atoms with van der Waals surface area (Å²) in [6, 6.07) is 9.73. The van der Waals surface area contributed by atoms with Gasteiger partial charge in [0.1, 0.15) is 5.75 Å². The number of hydrogen-bond donors (Lipinski definition) is 0. The van der Waals surface area contributed by atoms with Gasteiger partial charge < -0.3 is 14.2 Å². The summed E-state index contributed by atoms with van der Waals surface area (Å²) >= 11 is 3.47. The van der Waals surface area contributed by atoms with Gasteiger partial charge in [-0.1, -0.05) is 25.1 Å². The molecule has 0 saturated carbocycles. The minimum absolute atomic E-state index is 0.116. The Balaban J connectivity index is 1.67. The van der Waals surface area contributed by atoms with E-state index in [1.807, 2.05) is 30.3 Å². The smallest absolute Gasteiger partial charge is 0.176 e. The van der Waals surface area contributed by atoms with E-state index < -0.39 is 0 Å². The summed E-state index contributed by atoms with van der Waals surface area (Å²) in [6.07, 6.45) is 1.10. The summed E-state index contributed by atoms with van der Waals surface area (Å²) in [5, 5.41) is -0.116. The average Bonchev–Trinajstić information content (AvgIpc) is 2.34. The maximum absolute atomic E-state index is 5.71. The second-order valence-corrected chi connectivity index (χ2v) is 5.72. The third kappa shape index (κ3) is 3.70. The van der Waals surface area contributed by atoms with E-state index in [9.17, 15) is 0 Å². The highest BCUT2D eigenvalue weighted by Crippen LogP contribution is 2.31. The third-order valence-corrected chi connectivity index (χ3v) is 3.68. The van der Waals surface area contributed by atoms with Crippen LogP contribution in [0.1, 0.15) is 13.3 Å². The van der Waals surface area contributed by atoms with Crippen molar-refractivity contribution in [2.45, 2.75) is 18.4 Å². The number of rotatable bonds is 7. The number of ether oxygens (including phenoxy) is 3. The van der Waals surface area contributed by atoms with Gasteiger partial charge in [-0.25, -0.2) is 0 Å². The van der Waals surface area contributed by atoms with Gasteiger partial charge in [-0.2, -0.15) is 0 Å². The molecule has 100 valence electrons. The quantitative estimate of drug-likeness (QED) is 0.723. The van der Waals surface area contributed by atoms with E-state index in [4.69, 9.17) is 14.2 Å². The molecule has 1 saturated heterocycles. The fourth-order valence-electron chi connectivity index (χ4n) is 1.83. The van der Waals surface area contributed by atoms with Crippen molar-refractivity contribution in [2.75, 3.05) is 26.4 Å². The number of para-hydroxylation sites is 1. The molecule has 1 aromatic rings. The largest absolute Gasteiger partial charge is 0.477 e. The number of benzene rings is 1. The summed E-state index contributed by atoms with van der Waals surface area (Å²) < 4.78 is 16.6. The monoisotopic (exact) mass is 314 g/mol. The van der Waals surface area contributed by atoms with Crippen LogP contribution in [0.5, 0.6) is 5.75 Å². The van der Waals surface area contributed by atoms with Gasteiger partial charge in [-0.05, 0) is 34.5 Å². The van der Waals surface area contributed by atoms with Crippen LogP contribution in [0, 0.1) is 5.41 Å². The Hall–Kier alpha value is -0.580. The molecule has 0 radical (unpaired) electrons. The average molecular weight is 315 g/mol. The molecule has 2 rings (SSSR count). The lowest BCUT2D eigenvalue weighted by molar-refractivity contribution is -0.152. The summed E-state index contributed by atoms with van der Waals surface area (Å²) in [6.45, 7) is 5.09. The fourth-order valence-corrected chi connectivity index (χ4v) is 2.23. The SMILES string of the molecule is CCC1(COCC(Br)Oc2ccccc2)COC1. The van der Waals surface area contributed by atoms with Crippen LogP contribution < -0.4 is 4.74 Å². The van der Waals surface area contributed by atoms with Crippen LogP contribution in [0.3, 0.4) is 0 Å². The Morgan fingerprint density at radius 2 is 2.06 bits per heavy atom. The molecule has 1 aliphatic heterocycles. The summed E-state index contributed by atoms with van der Waals surface area (Å²) in [4.78, 5) is 0. The molecule has 0 bridgehead atoms. The first kappa shape index (κ1) is 13.8. The molecule has 18 heavy (non-hydrogen) atoms. The van der Waals surface area contributed by atoms with Crippen LogP contribution in [0.4, 0.5) is 0 Å². The van der Waals surface area contributed by atoms with Gasteiger partial charge in [0, 0.05) is 5.41 Å². The molecule has 4 heteroatoms. The lowest BCUT2D eigenvalue weighted by Crippen LogP contribution is -2.46. The predicted molar refractivity (Wildman–Crippen MR) is 74.1 cm³/mol. The van der Waals surface area contributed by atoms with Gasteiger partial charge in [0.05, 0.1) is 26.4 Å². The number of halogens is 1. The summed E-state index contributed by atoms with van der Waals surface area (Å²) in [5.41, 5.74) is 0.236. The lowest BCUT2D eigenvalue weighted by atomic mass is 9.84. The molecule has 1 heterocycles. The van der Waals surface area contributed by atoms with Crippen LogP contribution in [0.2, 0.25) is 0 Å². The van der Waals surface area contributed by atoms with Crippen molar-refractivity contribution in [1.82, 2.24) is 0 Å². The zero-order chi connectivity index (χ0) is 12.8. The highest BCUT2D eigenvalue weighted by Gasteiger charge is 2.37. The minimum atomic E-state index is -0.116. The van der Waals surface area contributed by atoms with Crippen molar-refractivity contribution < 1.29 is 14.2 Å². The third-order valence-electron chi connectivity index (χ3n) is 3.23. The Bertz CT molecular complexity index is 346. The molecular weight excluding hydrogens is 296 g/mol. The normalized spacial score (nSPS) is 19.0. The van der Waals surface area contributed by atoms with Crippen molar-refractivity contribution in [2.24, 2.45) is 5.41 Å². The summed E-state index contributed by atoms with van der Waals surface area (Å²) in [7, 11) is 0. The van der Waals surface area contributed by atoms with Gasteiger partial charge in [-0.3, -0.25) is 0 Å².